The first kappa shape index (κ1) is 15.5. The van der Waals surface area contributed by atoms with E-state index in [0.717, 1.165) is 44.3 Å². The lowest BCUT2D eigenvalue weighted by Crippen LogP contribution is -2.29. The van der Waals surface area contributed by atoms with Gasteiger partial charge < -0.3 is 14.8 Å². The van der Waals surface area contributed by atoms with E-state index < -0.39 is 0 Å². The number of nitrogens with one attached hydrogen (secondary N) is 1. The first-order valence-corrected chi connectivity index (χ1v) is 7.65. The van der Waals surface area contributed by atoms with Gasteiger partial charge in [0.15, 0.2) is 0 Å². The number of pyridine rings is 1. The van der Waals surface area contributed by atoms with E-state index >= 15 is 0 Å². The second-order valence-corrected chi connectivity index (χ2v) is 5.57. The van der Waals surface area contributed by atoms with Crippen LogP contribution in [0.15, 0.2) is 12.3 Å². The molecule has 1 saturated carbocycles. The van der Waals surface area contributed by atoms with Crippen LogP contribution in [0.1, 0.15) is 38.2 Å². The summed E-state index contributed by atoms with van der Waals surface area (Å²) in [6.45, 7) is 3.71. The Morgan fingerprint density at radius 2 is 2.20 bits per heavy atom. The van der Waals surface area contributed by atoms with Gasteiger partial charge in [-0.2, -0.15) is 0 Å². The molecule has 5 heteroatoms. The van der Waals surface area contributed by atoms with E-state index in [-0.39, 0.29) is 6.10 Å². The predicted octanol–water partition coefficient (Wildman–Crippen LogP) is 3.18. The molecule has 1 aliphatic carbocycles. The highest BCUT2D eigenvalue weighted by Gasteiger charge is 2.23. The molecule has 0 aliphatic heterocycles. The van der Waals surface area contributed by atoms with Gasteiger partial charge in [-0.15, -0.1) is 0 Å². The molecule has 0 spiro atoms. The number of rotatable bonds is 6. The molecule has 4 nitrogen and oxygen atoms in total. The van der Waals surface area contributed by atoms with Gasteiger partial charge in [0, 0.05) is 32.3 Å². The van der Waals surface area contributed by atoms with Gasteiger partial charge >= 0.3 is 0 Å². The molecule has 0 saturated heterocycles. The van der Waals surface area contributed by atoms with E-state index in [4.69, 9.17) is 21.1 Å². The first-order chi connectivity index (χ1) is 9.72. The maximum Gasteiger partial charge on any atom is 0.213 e. The van der Waals surface area contributed by atoms with Gasteiger partial charge in [0.1, 0.15) is 6.10 Å². The van der Waals surface area contributed by atoms with E-state index in [0.29, 0.717) is 17.0 Å². The van der Waals surface area contributed by atoms with Crippen molar-refractivity contribution in [1.29, 1.82) is 0 Å². The van der Waals surface area contributed by atoms with Crippen LogP contribution in [0.5, 0.6) is 5.88 Å². The number of hydrogen-bond donors (Lipinski definition) is 1. The average Bonchev–Trinajstić information content (AvgIpc) is 2.48. The van der Waals surface area contributed by atoms with Crippen LogP contribution in [-0.4, -0.2) is 30.8 Å². The predicted molar refractivity (Wildman–Crippen MR) is 80.3 cm³/mol. The lowest BCUT2D eigenvalue weighted by Gasteiger charge is -2.28. The highest BCUT2D eigenvalue weighted by atomic mass is 35.5. The van der Waals surface area contributed by atoms with Gasteiger partial charge in [-0.05, 0) is 31.4 Å². The zero-order chi connectivity index (χ0) is 14.4. The number of nitrogens with zero attached hydrogens (tertiary/aromatic N) is 1. The van der Waals surface area contributed by atoms with Crippen molar-refractivity contribution in [2.45, 2.75) is 51.4 Å². The summed E-state index contributed by atoms with van der Waals surface area (Å²) in [5, 5.41) is 3.94. The van der Waals surface area contributed by atoms with Crippen LogP contribution in [0.25, 0.3) is 0 Å². The van der Waals surface area contributed by atoms with E-state index in [1.54, 1.807) is 13.3 Å². The van der Waals surface area contributed by atoms with Crippen molar-refractivity contribution in [2.75, 3.05) is 13.7 Å². The number of halogens is 1. The SMILES string of the molecule is CCNCc1cc(OC2CCCC(OC)C2)ncc1Cl. The molecule has 1 heterocycles. The second kappa shape index (κ2) is 7.81. The summed E-state index contributed by atoms with van der Waals surface area (Å²) in [4.78, 5) is 4.27. The normalized spacial score (nSPS) is 22.8. The lowest BCUT2D eigenvalue weighted by atomic mass is 9.95. The number of ether oxygens (including phenoxy) is 2. The van der Waals surface area contributed by atoms with Crippen molar-refractivity contribution in [2.24, 2.45) is 0 Å². The highest BCUT2D eigenvalue weighted by molar-refractivity contribution is 6.31. The van der Waals surface area contributed by atoms with Crippen LogP contribution in [0.2, 0.25) is 5.02 Å². The molecule has 2 unspecified atom stereocenters. The van der Waals surface area contributed by atoms with E-state index in [2.05, 4.69) is 17.2 Å². The summed E-state index contributed by atoms with van der Waals surface area (Å²) in [6.07, 6.45) is 6.42. The van der Waals surface area contributed by atoms with Crippen molar-refractivity contribution < 1.29 is 9.47 Å². The minimum absolute atomic E-state index is 0.189. The number of hydrogen-bond acceptors (Lipinski definition) is 4. The largest absolute Gasteiger partial charge is 0.474 e. The van der Waals surface area contributed by atoms with Crippen molar-refractivity contribution >= 4 is 11.6 Å². The van der Waals surface area contributed by atoms with Crippen molar-refractivity contribution in [3.8, 4) is 5.88 Å². The van der Waals surface area contributed by atoms with E-state index in [1.807, 2.05) is 6.07 Å². The smallest absolute Gasteiger partial charge is 0.213 e. The second-order valence-electron chi connectivity index (χ2n) is 5.16. The molecule has 1 aromatic rings. The molecule has 2 atom stereocenters. The molecule has 1 N–H and O–H groups in total. The average molecular weight is 299 g/mol. The van der Waals surface area contributed by atoms with Crippen molar-refractivity contribution in [3.63, 3.8) is 0 Å². The van der Waals surface area contributed by atoms with Crippen LogP contribution in [0, 0.1) is 0 Å². The summed E-state index contributed by atoms with van der Waals surface area (Å²) in [7, 11) is 1.77. The summed E-state index contributed by atoms with van der Waals surface area (Å²) in [5.74, 6) is 0.657. The van der Waals surface area contributed by atoms with E-state index in [9.17, 15) is 0 Å². The lowest BCUT2D eigenvalue weighted by molar-refractivity contribution is 0.0195. The van der Waals surface area contributed by atoms with Crippen LogP contribution in [-0.2, 0) is 11.3 Å². The first-order valence-electron chi connectivity index (χ1n) is 7.27. The molecule has 0 amide bonds. The van der Waals surface area contributed by atoms with Crippen molar-refractivity contribution in [1.82, 2.24) is 10.3 Å². The Morgan fingerprint density at radius 1 is 1.40 bits per heavy atom. The zero-order valence-corrected chi connectivity index (χ0v) is 12.9. The highest BCUT2D eigenvalue weighted by Crippen LogP contribution is 2.26. The molecule has 20 heavy (non-hydrogen) atoms. The van der Waals surface area contributed by atoms with Gasteiger partial charge in [-0.25, -0.2) is 4.98 Å². The van der Waals surface area contributed by atoms with Crippen LogP contribution in [0.4, 0.5) is 0 Å². The molecule has 1 aliphatic rings. The Bertz CT molecular complexity index is 428. The third-order valence-electron chi connectivity index (χ3n) is 3.67. The molecule has 0 radical (unpaired) electrons. The third kappa shape index (κ3) is 4.33. The van der Waals surface area contributed by atoms with Gasteiger partial charge in [0.05, 0.1) is 11.1 Å². The Balaban J connectivity index is 1.98. The fourth-order valence-corrected chi connectivity index (χ4v) is 2.68. The van der Waals surface area contributed by atoms with Gasteiger partial charge in [-0.3, -0.25) is 0 Å². The van der Waals surface area contributed by atoms with E-state index in [1.165, 1.54) is 0 Å². The summed E-state index contributed by atoms with van der Waals surface area (Å²) >= 11 is 6.14. The summed E-state index contributed by atoms with van der Waals surface area (Å²) in [6, 6.07) is 1.93. The molecule has 2 rings (SSSR count). The van der Waals surface area contributed by atoms with Crippen LogP contribution < -0.4 is 10.1 Å². The molecular weight excluding hydrogens is 276 g/mol. The minimum atomic E-state index is 0.189. The summed E-state index contributed by atoms with van der Waals surface area (Å²) < 4.78 is 11.4. The fourth-order valence-electron chi connectivity index (χ4n) is 2.51. The topological polar surface area (TPSA) is 43.4 Å². The minimum Gasteiger partial charge on any atom is -0.474 e. The Hall–Kier alpha value is -0.840. The standard InChI is InChI=1S/C15H23ClN2O2/c1-3-17-9-11-7-15(18-10-14(11)16)20-13-6-4-5-12(8-13)19-2/h7,10,12-13,17H,3-6,8-9H2,1-2H3. The Labute approximate surface area is 125 Å². The maximum absolute atomic E-state index is 6.14. The molecule has 112 valence electrons. The Morgan fingerprint density at radius 3 is 2.95 bits per heavy atom. The summed E-state index contributed by atoms with van der Waals surface area (Å²) in [5.41, 5.74) is 1.03. The Kier molecular flexibility index (Phi) is 6.07. The quantitative estimate of drug-likeness (QED) is 0.876. The van der Waals surface area contributed by atoms with Gasteiger partial charge in [-0.1, -0.05) is 18.5 Å². The van der Waals surface area contributed by atoms with Gasteiger partial charge in [0.25, 0.3) is 0 Å². The number of methoxy groups -OCH3 is 1. The molecule has 1 aromatic heterocycles. The fraction of sp³-hybridized carbons (Fsp3) is 0.667. The van der Waals surface area contributed by atoms with Crippen LogP contribution >= 0.6 is 11.6 Å². The van der Waals surface area contributed by atoms with Gasteiger partial charge in [0.2, 0.25) is 5.88 Å². The number of aromatic nitrogens is 1. The van der Waals surface area contributed by atoms with Crippen LogP contribution in [0.3, 0.4) is 0 Å². The molecule has 1 fully saturated rings. The maximum atomic E-state index is 6.14. The third-order valence-corrected chi connectivity index (χ3v) is 4.01. The monoisotopic (exact) mass is 298 g/mol. The molecular formula is C15H23ClN2O2. The molecule has 0 aromatic carbocycles. The molecule has 0 bridgehead atoms. The van der Waals surface area contributed by atoms with Crippen molar-refractivity contribution in [3.05, 3.63) is 22.8 Å². The zero-order valence-electron chi connectivity index (χ0n) is 12.2.